The Hall–Kier alpha value is -1.84. The Morgan fingerprint density at radius 3 is 2.79 bits per heavy atom. The molecule has 1 heterocycles. The van der Waals surface area contributed by atoms with Crippen molar-refractivity contribution in [3.8, 4) is 5.75 Å². The zero-order chi connectivity index (χ0) is 13.2. The Morgan fingerprint density at radius 1 is 1.11 bits per heavy atom. The van der Waals surface area contributed by atoms with Crippen molar-refractivity contribution in [1.29, 1.82) is 0 Å². The highest BCUT2D eigenvalue weighted by Gasteiger charge is 2.13. The summed E-state index contributed by atoms with van der Waals surface area (Å²) in [5.41, 5.74) is 8.65. The molecule has 3 heteroatoms. The largest absolute Gasteiger partial charge is 0.497 e. The first-order valence-corrected chi connectivity index (χ1v) is 7.03. The number of methoxy groups -OCH3 is 1. The smallest absolute Gasteiger partial charge is 0.119 e. The zero-order valence-electron chi connectivity index (χ0n) is 10.7. The fourth-order valence-electron chi connectivity index (χ4n) is 2.28. The molecule has 0 bridgehead atoms. The third kappa shape index (κ3) is 2.23. The van der Waals surface area contributed by atoms with Gasteiger partial charge in [-0.25, -0.2) is 0 Å². The Balaban J connectivity index is 2.07. The SMILES string of the molecule is COc1cccc(C(N)c2cccc3ccsc23)c1. The number of fused-ring (bicyclic) bond motifs is 1. The summed E-state index contributed by atoms with van der Waals surface area (Å²) in [7, 11) is 1.67. The van der Waals surface area contributed by atoms with Crippen LogP contribution in [0, 0.1) is 0 Å². The molecule has 0 aliphatic heterocycles. The maximum Gasteiger partial charge on any atom is 0.119 e. The van der Waals surface area contributed by atoms with E-state index in [4.69, 9.17) is 10.5 Å². The summed E-state index contributed by atoms with van der Waals surface area (Å²) in [4.78, 5) is 0. The molecule has 2 nitrogen and oxygen atoms in total. The molecule has 0 aliphatic rings. The van der Waals surface area contributed by atoms with E-state index in [1.165, 1.54) is 15.6 Å². The van der Waals surface area contributed by atoms with Gasteiger partial charge in [-0.05, 0) is 40.1 Å². The van der Waals surface area contributed by atoms with Crippen LogP contribution in [0.1, 0.15) is 17.2 Å². The molecule has 1 unspecified atom stereocenters. The van der Waals surface area contributed by atoms with Crippen LogP contribution in [0.3, 0.4) is 0 Å². The van der Waals surface area contributed by atoms with Crippen LogP contribution in [-0.4, -0.2) is 7.11 Å². The topological polar surface area (TPSA) is 35.2 Å². The van der Waals surface area contributed by atoms with Gasteiger partial charge in [0, 0.05) is 4.70 Å². The van der Waals surface area contributed by atoms with Gasteiger partial charge in [-0.1, -0.05) is 30.3 Å². The van der Waals surface area contributed by atoms with E-state index < -0.39 is 0 Å². The molecule has 0 aliphatic carbocycles. The summed E-state index contributed by atoms with van der Waals surface area (Å²) in [5, 5.41) is 3.35. The zero-order valence-corrected chi connectivity index (χ0v) is 11.5. The molecule has 0 saturated heterocycles. The summed E-state index contributed by atoms with van der Waals surface area (Å²) < 4.78 is 6.52. The number of hydrogen-bond donors (Lipinski definition) is 1. The minimum absolute atomic E-state index is 0.127. The molecule has 0 saturated carbocycles. The number of ether oxygens (including phenoxy) is 1. The second kappa shape index (κ2) is 5.03. The van der Waals surface area contributed by atoms with Crippen molar-refractivity contribution < 1.29 is 4.74 Å². The van der Waals surface area contributed by atoms with Crippen LogP contribution in [0.15, 0.2) is 53.9 Å². The number of hydrogen-bond acceptors (Lipinski definition) is 3. The Morgan fingerprint density at radius 2 is 1.95 bits per heavy atom. The molecular formula is C16H15NOS. The number of nitrogens with two attached hydrogens (primary N) is 1. The first-order valence-electron chi connectivity index (χ1n) is 6.15. The lowest BCUT2D eigenvalue weighted by molar-refractivity contribution is 0.414. The first-order chi connectivity index (χ1) is 9.29. The van der Waals surface area contributed by atoms with Crippen molar-refractivity contribution in [3.63, 3.8) is 0 Å². The highest BCUT2D eigenvalue weighted by molar-refractivity contribution is 7.17. The van der Waals surface area contributed by atoms with Crippen molar-refractivity contribution >= 4 is 21.4 Å². The van der Waals surface area contributed by atoms with E-state index in [0.29, 0.717) is 0 Å². The van der Waals surface area contributed by atoms with E-state index in [2.05, 4.69) is 29.6 Å². The van der Waals surface area contributed by atoms with Crippen LogP contribution in [-0.2, 0) is 0 Å². The lowest BCUT2D eigenvalue weighted by Crippen LogP contribution is -2.11. The van der Waals surface area contributed by atoms with Crippen molar-refractivity contribution in [2.24, 2.45) is 5.73 Å². The Bertz CT molecular complexity index is 705. The number of benzene rings is 2. The quantitative estimate of drug-likeness (QED) is 0.781. The maximum absolute atomic E-state index is 6.42. The summed E-state index contributed by atoms with van der Waals surface area (Å²) >= 11 is 1.74. The van der Waals surface area contributed by atoms with Crippen molar-refractivity contribution in [1.82, 2.24) is 0 Å². The van der Waals surface area contributed by atoms with Crippen molar-refractivity contribution in [2.75, 3.05) is 7.11 Å². The average molecular weight is 269 g/mol. The van der Waals surface area contributed by atoms with Crippen molar-refractivity contribution in [2.45, 2.75) is 6.04 Å². The third-order valence-electron chi connectivity index (χ3n) is 3.30. The molecule has 0 fully saturated rings. The summed E-state index contributed by atoms with van der Waals surface area (Å²) in [6.07, 6.45) is 0. The molecule has 0 spiro atoms. The lowest BCUT2D eigenvalue weighted by Gasteiger charge is -2.14. The number of rotatable bonds is 3. The van der Waals surface area contributed by atoms with Gasteiger partial charge >= 0.3 is 0 Å². The van der Waals surface area contributed by atoms with E-state index in [0.717, 1.165) is 11.3 Å². The molecule has 19 heavy (non-hydrogen) atoms. The fourth-order valence-corrected chi connectivity index (χ4v) is 3.23. The van der Waals surface area contributed by atoms with Gasteiger partial charge in [0.05, 0.1) is 13.2 Å². The van der Waals surface area contributed by atoms with Crippen LogP contribution < -0.4 is 10.5 Å². The maximum atomic E-state index is 6.42. The van der Waals surface area contributed by atoms with Gasteiger partial charge in [-0.3, -0.25) is 0 Å². The van der Waals surface area contributed by atoms with Crippen LogP contribution in [0.4, 0.5) is 0 Å². The van der Waals surface area contributed by atoms with Crippen LogP contribution in [0.2, 0.25) is 0 Å². The van der Waals surface area contributed by atoms with E-state index in [1.54, 1.807) is 18.4 Å². The van der Waals surface area contributed by atoms with E-state index in [-0.39, 0.29) is 6.04 Å². The van der Waals surface area contributed by atoms with Gasteiger partial charge in [0.25, 0.3) is 0 Å². The molecule has 1 atom stereocenters. The second-order valence-electron chi connectivity index (χ2n) is 4.44. The van der Waals surface area contributed by atoms with Crippen LogP contribution >= 0.6 is 11.3 Å². The predicted octanol–water partition coefficient (Wildman–Crippen LogP) is 3.96. The Kier molecular flexibility index (Phi) is 3.23. The summed E-state index contributed by atoms with van der Waals surface area (Å²) in [6.45, 7) is 0. The third-order valence-corrected chi connectivity index (χ3v) is 4.28. The molecule has 1 aromatic heterocycles. The van der Waals surface area contributed by atoms with E-state index in [9.17, 15) is 0 Å². The van der Waals surface area contributed by atoms with Gasteiger partial charge in [0.15, 0.2) is 0 Å². The van der Waals surface area contributed by atoms with Gasteiger partial charge in [-0.2, -0.15) is 0 Å². The molecule has 96 valence electrons. The second-order valence-corrected chi connectivity index (χ2v) is 5.36. The fraction of sp³-hybridized carbons (Fsp3) is 0.125. The van der Waals surface area contributed by atoms with Crippen molar-refractivity contribution in [3.05, 3.63) is 65.0 Å². The summed E-state index contributed by atoms with van der Waals surface area (Å²) in [5.74, 6) is 0.839. The standard InChI is InChI=1S/C16H15NOS/c1-18-13-6-2-5-12(10-13)15(17)14-7-3-4-11-8-9-19-16(11)14/h2-10,15H,17H2,1H3. The lowest BCUT2D eigenvalue weighted by atomic mass is 9.98. The monoisotopic (exact) mass is 269 g/mol. The Labute approximate surface area is 116 Å². The highest BCUT2D eigenvalue weighted by Crippen LogP contribution is 2.31. The molecule has 0 radical (unpaired) electrons. The number of thiophene rings is 1. The van der Waals surface area contributed by atoms with Crippen LogP contribution in [0.5, 0.6) is 5.75 Å². The molecule has 2 N–H and O–H groups in total. The van der Waals surface area contributed by atoms with Gasteiger partial charge in [-0.15, -0.1) is 11.3 Å². The van der Waals surface area contributed by atoms with E-state index >= 15 is 0 Å². The average Bonchev–Trinajstić information content (AvgIpc) is 2.95. The molecule has 3 aromatic rings. The minimum atomic E-state index is -0.127. The molecule has 2 aromatic carbocycles. The molecule has 3 rings (SSSR count). The minimum Gasteiger partial charge on any atom is -0.497 e. The van der Waals surface area contributed by atoms with Crippen LogP contribution in [0.25, 0.3) is 10.1 Å². The normalized spacial score (nSPS) is 12.5. The van der Waals surface area contributed by atoms with E-state index in [1.807, 2.05) is 24.3 Å². The molecule has 0 amide bonds. The first kappa shape index (κ1) is 12.2. The van der Waals surface area contributed by atoms with Gasteiger partial charge in [0.1, 0.15) is 5.75 Å². The highest BCUT2D eigenvalue weighted by atomic mass is 32.1. The van der Waals surface area contributed by atoms with Gasteiger partial charge < -0.3 is 10.5 Å². The predicted molar refractivity (Wildman–Crippen MR) is 80.8 cm³/mol. The van der Waals surface area contributed by atoms with Gasteiger partial charge in [0.2, 0.25) is 0 Å². The summed E-state index contributed by atoms with van der Waals surface area (Å²) in [6, 6.07) is 16.2. The molecular weight excluding hydrogens is 254 g/mol.